The van der Waals surface area contributed by atoms with Crippen molar-refractivity contribution in [3.05, 3.63) is 5.01 Å². The van der Waals surface area contributed by atoms with Crippen LogP contribution in [0.15, 0.2) is 0 Å². The number of aromatic nitrogens is 2. The lowest BCUT2D eigenvalue weighted by Crippen LogP contribution is -2.55. The van der Waals surface area contributed by atoms with E-state index >= 15 is 0 Å². The lowest BCUT2D eigenvalue weighted by atomic mass is 9.98. The first-order chi connectivity index (χ1) is 8.74. The van der Waals surface area contributed by atoms with Crippen LogP contribution in [0, 0.1) is 12.8 Å². The second-order valence-electron chi connectivity index (χ2n) is 5.09. The van der Waals surface area contributed by atoms with E-state index in [0.29, 0.717) is 5.91 Å². The third-order valence-electron chi connectivity index (χ3n) is 3.68. The molecular weight excluding hydrogens is 248 g/mol. The summed E-state index contributed by atoms with van der Waals surface area (Å²) >= 11 is 1.60. The summed E-state index contributed by atoms with van der Waals surface area (Å²) in [5.74, 6) is 0.513. The molecule has 3 rings (SSSR count). The number of rotatable bonds is 2. The zero-order chi connectivity index (χ0) is 12.5. The van der Waals surface area contributed by atoms with Crippen molar-refractivity contribution in [3.63, 3.8) is 0 Å². The second kappa shape index (κ2) is 4.84. The first-order valence-corrected chi connectivity index (χ1v) is 7.39. The van der Waals surface area contributed by atoms with Crippen LogP contribution in [0.5, 0.6) is 0 Å². The van der Waals surface area contributed by atoms with Gasteiger partial charge in [0.25, 0.3) is 0 Å². The highest BCUT2D eigenvalue weighted by atomic mass is 32.1. The molecule has 98 valence electrons. The number of hydrogen-bond donors (Lipinski definition) is 0. The van der Waals surface area contributed by atoms with Gasteiger partial charge < -0.3 is 9.80 Å². The topological polar surface area (TPSA) is 49.3 Å². The van der Waals surface area contributed by atoms with Crippen LogP contribution in [0.2, 0.25) is 0 Å². The molecule has 0 radical (unpaired) electrons. The molecule has 1 amide bonds. The normalized spacial score (nSPS) is 20.9. The van der Waals surface area contributed by atoms with Crippen molar-refractivity contribution in [1.82, 2.24) is 15.1 Å². The summed E-state index contributed by atoms with van der Waals surface area (Å²) in [6.07, 6.45) is 3.60. The molecule has 0 aliphatic carbocycles. The van der Waals surface area contributed by atoms with Gasteiger partial charge in [0.2, 0.25) is 11.0 Å². The summed E-state index contributed by atoms with van der Waals surface area (Å²) in [7, 11) is 0. The Kier molecular flexibility index (Phi) is 3.20. The summed E-state index contributed by atoms with van der Waals surface area (Å²) in [6.45, 7) is 5.48. The van der Waals surface area contributed by atoms with Crippen molar-refractivity contribution < 1.29 is 4.79 Å². The number of aryl methyl sites for hydroxylation is 1. The van der Waals surface area contributed by atoms with Crippen molar-refractivity contribution in [2.24, 2.45) is 5.92 Å². The van der Waals surface area contributed by atoms with Crippen LogP contribution in [0.25, 0.3) is 0 Å². The molecule has 5 nitrogen and oxygen atoms in total. The number of piperidine rings is 1. The quantitative estimate of drug-likeness (QED) is 0.809. The molecule has 0 atom stereocenters. The standard InChI is InChI=1S/C12H18N4OS/c1-9-13-14-12(18-9)16-7-10(8-16)11(17)15-5-3-2-4-6-15/h10H,2-8H2,1H3. The average Bonchev–Trinajstić information content (AvgIpc) is 2.75. The first kappa shape index (κ1) is 11.9. The summed E-state index contributed by atoms with van der Waals surface area (Å²) in [6, 6.07) is 0. The number of carbonyl (C=O) groups excluding carboxylic acids is 1. The van der Waals surface area contributed by atoms with Gasteiger partial charge in [0.15, 0.2) is 0 Å². The highest BCUT2D eigenvalue weighted by Crippen LogP contribution is 2.28. The molecule has 2 aliphatic heterocycles. The van der Waals surface area contributed by atoms with E-state index in [1.807, 2.05) is 11.8 Å². The maximum Gasteiger partial charge on any atom is 0.229 e. The van der Waals surface area contributed by atoms with E-state index in [0.717, 1.165) is 49.2 Å². The average molecular weight is 266 g/mol. The van der Waals surface area contributed by atoms with Gasteiger partial charge in [-0.05, 0) is 26.2 Å². The van der Waals surface area contributed by atoms with Gasteiger partial charge in [-0.25, -0.2) is 0 Å². The fraction of sp³-hybridized carbons (Fsp3) is 0.750. The predicted octanol–water partition coefficient (Wildman–Crippen LogP) is 1.30. The molecule has 2 aliphatic rings. The van der Waals surface area contributed by atoms with Crippen LogP contribution in [0.4, 0.5) is 5.13 Å². The van der Waals surface area contributed by atoms with Gasteiger partial charge in [0.05, 0.1) is 5.92 Å². The van der Waals surface area contributed by atoms with Gasteiger partial charge >= 0.3 is 0 Å². The number of anilines is 1. The van der Waals surface area contributed by atoms with Gasteiger partial charge in [-0.1, -0.05) is 11.3 Å². The largest absolute Gasteiger partial charge is 0.345 e. The fourth-order valence-corrected chi connectivity index (χ4v) is 3.28. The van der Waals surface area contributed by atoms with Crippen LogP contribution in [-0.2, 0) is 4.79 Å². The van der Waals surface area contributed by atoms with Crippen LogP contribution >= 0.6 is 11.3 Å². The zero-order valence-electron chi connectivity index (χ0n) is 10.6. The Bertz CT molecular complexity index is 435. The second-order valence-corrected chi connectivity index (χ2v) is 6.25. The molecule has 0 N–H and O–H groups in total. The Morgan fingerprint density at radius 1 is 1.22 bits per heavy atom. The first-order valence-electron chi connectivity index (χ1n) is 6.58. The third-order valence-corrected chi connectivity index (χ3v) is 4.58. The van der Waals surface area contributed by atoms with Crippen molar-refractivity contribution in [2.45, 2.75) is 26.2 Å². The fourth-order valence-electron chi connectivity index (χ4n) is 2.58. The van der Waals surface area contributed by atoms with Gasteiger partial charge in [-0.15, -0.1) is 10.2 Å². The van der Waals surface area contributed by atoms with Gasteiger partial charge in [0, 0.05) is 26.2 Å². The number of hydrogen-bond acceptors (Lipinski definition) is 5. The van der Waals surface area contributed by atoms with Crippen molar-refractivity contribution in [1.29, 1.82) is 0 Å². The van der Waals surface area contributed by atoms with Crippen LogP contribution < -0.4 is 4.90 Å². The van der Waals surface area contributed by atoms with E-state index in [2.05, 4.69) is 15.1 Å². The third kappa shape index (κ3) is 2.21. The molecular formula is C12H18N4OS. The summed E-state index contributed by atoms with van der Waals surface area (Å²) in [5, 5.41) is 10.1. The van der Waals surface area contributed by atoms with E-state index in [9.17, 15) is 4.79 Å². The molecule has 0 saturated carbocycles. The Morgan fingerprint density at radius 2 is 1.94 bits per heavy atom. The highest BCUT2D eigenvalue weighted by Gasteiger charge is 2.37. The van der Waals surface area contributed by atoms with Crippen LogP contribution in [-0.4, -0.2) is 47.2 Å². The monoisotopic (exact) mass is 266 g/mol. The maximum atomic E-state index is 12.2. The predicted molar refractivity (Wildman–Crippen MR) is 70.8 cm³/mol. The molecule has 0 unspecified atom stereocenters. The SMILES string of the molecule is Cc1nnc(N2CC(C(=O)N3CCCCC3)C2)s1. The zero-order valence-corrected chi connectivity index (χ0v) is 11.4. The van der Waals surface area contributed by atoms with E-state index < -0.39 is 0 Å². The lowest BCUT2D eigenvalue weighted by Gasteiger charge is -2.41. The minimum Gasteiger partial charge on any atom is -0.345 e. The summed E-state index contributed by atoms with van der Waals surface area (Å²) in [4.78, 5) is 16.4. The number of amides is 1. The molecule has 3 heterocycles. The molecule has 1 aromatic rings. The van der Waals surface area contributed by atoms with E-state index in [4.69, 9.17) is 0 Å². The number of carbonyl (C=O) groups is 1. The summed E-state index contributed by atoms with van der Waals surface area (Å²) in [5.41, 5.74) is 0. The van der Waals surface area contributed by atoms with E-state index in [1.54, 1.807) is 11.3 Å². The minimum absolute atomic E-state index is 0.173. The number of nitrogens with zero attached hydrogens (tertiary/aromatic N) is 4. The van der Waals surface area contributed by atoms with Crippen LogP contribution in [0.3, 0.4) is 0 Å². The Hall–Kier alpha value is -1.17. The molecule has 18 heavy (non-hydrogen) atoms. The highest BCUT2D eigenvalue weighted by molar-refractivity contribution is 7.15. The van der Waals surface area contributed by atoms with Crippen LogP contribution in [0.1, 0.15) is 24.3 Å². The molecule has 0 bridgehead atoms. The van der Waals surface area contributed by atoms with Gasteiger partial charge in [-0.2, -0.15) is 0 Å². The van der Waals surface area contributed by atoms with Crippen molar-refractivity contribution in [2.75, 3.05) is 31.1 Å². The van der Waals surface area contributed by atoms with Gasteiger partial charge in [-0.3, -0.25) is 4.79 Å². The number of likely N-dealkylation sites (tertiary alicyclic amines) is 1. The minimum atomic E-state index is 0.173. The molecule has 6 heteroatoms. The maximum absolute atomic E-state index is 12.2. The molecule has 0 aromatic carbocycles. The van der Waals surface area contributed by atoms with Gasteiger partial charge in [0.1, 0.15) is 5.01 Å². The molecule has 2 saturated heterocycles. The Balaban J connectivity index is 1.53. The molecule has 0 spiro atoms. The lowest BCUT2D eigenvalue weighted by molar-refractivity contribution is -0.137. The molecule has 1 aromatic heterocycles. The van der Waals surface area contributed by atoms with E-state index in [-0.39, 0.29) is 5.92 Å². The van der Waals surface area contributed by atoms with Crippen molar-refractivity contribution in [3.8, 4) is 0 Å². The molecule has 2 fully saturated rings. The smallest absolute Gasteiger partial charge is 0.229 e. The Labute approximate surface area is 111 Å². The Morgan fingerprint density at radius 3 is 2.56 bits per heavy atom. The van der Waals surface area contributed by atoms with Crippen molar-refractivity contribution >= 4 is 22.4 Å². The van der Waals surface area contributed by atoms with E-state index in [1.165, 1.54) is 6.42 Å². The summed E-state index contributed by atoms with van der Waals surface area (Å²) < 4.78 is 0.